The molecular weight excluding hydrogens is 332 g/mol. The van der Waals surface area contributed by atoms with Crippen molar-refractivity contribution in [1.82, 2.24) is 15.5 Å². The van der Waals surface area contributed by atoms with E-state index in [0.717, 1.165) is 29.8 Å². The summed E-state index contributed by atoms with van der Waals surface area (Å²) in [5.74, 6) is -0.0997. The minimum atomic E-state index is -0.494. The molecule has 2 heterocycles. The number of H-pyrrole nitrogens is 1. The van der Waals surface area contributed by atoms with Crippen molar-refractivity contribution in [3.8, 4) is 5.75 Å². The summed E-state index contributed by atoms with van der Waals surface area (Å²) in [7, 11) is 1.58. The monoisotopic (exact) mass is 356 g/mol. The highest BCUT2D eigenvalue weighted by Crippen LogP contribution is 2.35. The zero-order valence-electron chi connectivity index (χ0n) is 15.3. The number of nitrogens with one attached hydrogen (secondary N) is 3. The molecule has 3 N–H and O–H groups in total. The van der Waals surface area contributed by atoms with E-state index in [1.54, 1.807) is 19.2 Å². The Hall–Kier alpha value is -2.83. The Labute approximate surface area is 152 Å². The first-order chi connectivity index (χ1) is 12.5. The number of hydrogen-bond donors (Lipinski definition) is 3. The van der Waals surface area contributed by atoms with Gasteiger partial charge in [0.2, 0.25) is 11.8 Å². The summed E-state index contributed by atoms with van der Waals surface area (Å²) in [6.45, 7) is 4.53. The highest BCUT2D eigenvalue weighted by Gasteiger charge is 2.30. The molecule has 1 aromatic carbocycles. The van der Waals surface area contributed by atoms with Crippen LogP contribution in [0, 0.1) is 13.8 Å². The second-order valence-electron chi connectivity index (χ2n) is 6.57. The average molecular weight is 356 g/mol. The zero-order chi connectivity index (χ0) is 18.7. The third-order valence-corrected chi connectivity index (χ3v) is 4.80. The van der Waals surface area contributed by atoms with Crippen LogP contribution in [0.25, 0.3) is 0 Å². The SMILES string of the molecule is COc1ccc2c(c1)[C@@H](C(=O)NCCCc1c(C)n[nH]c1C)CC(=O)N2. The molecule has 0 aliphatic carbocycles. The van der Waals surface area contributed by atoms with Gasteiger partial charge in [-0.3, -0.25) is 14.7 Å². The van der Waals surface area contributed by atoms with E-state index in [2.05, 4.69) is 20.8 Å². The second-order valence-corrected chi connectivity index (χ2v) is 6.57. The summed E-state index contributed by atoms with van der Waals surface area (Å²) in [5.41, 5.74) is 4.73. The summed E-state index contributed by atoms with van der Waals surface area (Å²) >= 11 is 0. The Morgan fingerprint density at radius 1 is 1.38 bits per heavy atom. The number of benzene rings is 1. The zero-order valence-corrected chi connectivity index (χ0v) is 15.3. The second kappa shape index (κ2) is 7.59. The van der Waals surface area contributed by atoms with Crippen LogP contribution in [-0.4, -0.2) is 35.7 Å². The average Bonchev–Trinajstić information content (AvgIpc) is 2.95. The number of aromatic nitrogens is 2. The molecule has 1 aliphatic heterocycles. The maximum atomic E-state index is 12.7. The fourth-order valence-electron chi connectivity index (χ4n) is 3.34. The Bertz CT molecular complexity index is 809. The quantitative estimate of drug-likeness (QED) is 0.692. The molecule has 0 radical (unpaired) electrons. The van der Waals surface area contributed by atoms with Crippen LogP contribution >= 0.6 is 0 Å². The molecule has 0 saturated heterocycles. The lowest BCUT2D eigenvalue weighted by Gasteiger charge is -2.25. The molecule has 7 nitrogen and oxygen atoms in total. The molecule has 0 spiro atoms. The summed E-state index contributed by atoms with van der Waals surface area (Å²) in [4.78, 5) is 24.6. The van der Waals surface area contributed by atoms with E-state index in [0.29, 0.717) is 18.0 Å². The predicted molar refractivity (Wildman–Crippen MR) is 98.4 cm³/mol. The molecule has 1 aromatic heterocycles. The Morgan fingerprint density at radius 2 is 2.19 bits per heavy atom. The predicted octanol–water partition coefficient (Wildman–Crippen LogP) is 2.21. The van der Waals surface area contributed by atoms with Gasteiger partial charge in [0, 0.05) is 24.3 Å². The number of aromatic amines is 1. The van der Waals surface area contributed by atoms with Gasteiger partial charge in [-0.15, -0.1) is 0 Å². The molecule has 7 heteroatoms. The van der Waals surface area contributed by atoms with E-state index in [9.17, 15) is 9.59 Å². The van der Waals surface area contributed by atoms with Gasteiger partial charge < -0.3 is 15.4 Å². The van der Waals surface area contributed by atoms with Crippen molar-refractivity contribution in [3.05, 3.63) is 40.7 Å². The van der Waals surface area contributed by atoms with Crippen molar-refractivity contribution < 1.29 is 14.3 Å². The van der Waals surface area contributed by atoms with Crippen LogP contribution in [0.5, 0.6) is 5.75 Å². The lowest BCUT2D eigenvalue weighted by molar-refractivity contribution is -0.126. The third-order valence-electron chi connectivity index (χ3n) is 4.80. The van der Waals surface area contributed by atoms with Gasteiger partial charge in [-0.2, -0.15) is 5.10 Å². The number of nitrogens with zero attached hydrogens (tertiary/aromatic N) is 1. The van der Waals surface area contributed by atoms with Gasteiger partial charge in [0.15, 0.2) is 0 Å². The number of rotatable bonds is 6. The Kier molecular flexibility index (Phi) is 5.25. The van der Waals surface area contributed by atoms with Crippen LogP contribution in [0.3, 0.4) is 0 Å². The van der Waals surface area contributed by atoms with Crippen molar-refractivity contribution in [2.24, 2.45) is 0 Å². The minimum absolute atomic E-state index is 0.130. The fourth-order valence-corrected chi connectivity index (χ4v) is 3.34. The van der Waals surface area contributed by atoms with Gasteiger partial charge in [0.05, 0.1) is 18.7 Å². The minimum Gasteiger partial charge on any atom is -0.497 e. The van der Waals surface area contributed by atoms with Crippen molar-refractivity contribution in [3.63, 3.8) is 0 Å². The summed E-state index contributed by atoms with van der Waals surface area (Å²) in [5, 5.41) is 12.9. The molecule has 138 valence electrons. The maximum absolute atomic E-state index is 12.7. The van der Waals surface area contributed by atoms with E-state index in [1.165, 1.54) is 5.56 Å². The first-order valence-corrected chi connectivity index (χ1v) is 8.75. The smallest absolute Gasteiger partial charge is 0.228 e. The normalized spacial score (nSPS) is 16.0. The van der Waals surface area contributed by atoms with Gasteiger partial charge in [-0.25, -0.2) is 0 Å². The number of fused-ring (bicyclic) bond motifs is 1. The molecule has 1 aliphatic rings. The van der Waals surface area contributed by atoms with Gasteiger partial charge in [0.1, 0.15) is 5.75 Å². The number of amides is 2. The largest absolute Gasteiger partial charge is 0.497 e. The molecule has 0 bridgehead atoms. The van der Waals surface area contributed by atoms with Gasteiger partial charge in [-0.1, -0.05) is 0 Å². The Balaban J connectivity index is 1.62. The number of carbonyl (C=O) groups excluding carboxylic acids is 2. The van der Waals surface area contributed by atoms with Gasteiger partial charge >= 0.3 is 0 Å². The van der Waals surface area contributed by atoms with Crippen LogP contribution in [0.15, 0.2) is 18.2 Å². The molecule has 0 saturated carbocycles. The molecule has 0 fully saturated rings. The third kappa shape index (κ3) is 3.71. The number of carbonyl (C=O) groups is 2. The molecule has 26 heavy (non-hydrogen) atoms. The number of anilines is 1. The van der Waals surface area contributed by atoms with E-state index < -0.39 is 5.92 Å². The van der Waals surface area contributed by atoms with E-state index in [1.807, 2.05) is 19.9 Å². The Morgan fingerprint density at radius 3 is 2.88 bits per heavy atom. The lowest BCUT2D eigenvalue weighted by Crippen LogP contribution is -2.35. The van der Waals surface area contributed by atoms with Crippen LogP contribution in [0.2, 0.25) is 0 Å². The van der Waals surface area contributed by atoms with Crippen molar-refractivity contribution in [1.29, 1.82) is 0 Å². The van der Waals surface area contributed by atoms with Gasteiger partial charge in [-0.05, 0) is 56.0 Å². The van der Waals surface area contributed by atoms with Gasteiger partial charge in [0.25, 0.3) is 0 Å². The number of ether oxygens (including phenoxy) is 1. The molecule has 2 aromatic rings. The molecule has 2 amide bonds. The van der Waals surface area contributed by atoms with Crippen molar-refractivity contribution in [2.45, 2.75) is 39.0 Å². The maximum Gasteiger partial charge on any atom is 0.228 e. The highest BCUT2D eigenvalue weighted by molar-refractivity contribution is 6.01. The van der Waals surface area contributed by atoms with E-state index >= 15 is 0 Å². The molecule has 0 unspecified atom stereocenters. The van der Waals surface area contributed by atoms with Crippen LogP contribution in [0.4, 0.5) is 5.69 Å². The van der Waals surface area contributed by atoms with Crippen LogP contribution in [-0.2, 0) is 16.0 Å². The molecule has 1 atom stereocenters. The first kappa shape index (κ1) is 18.0. The van der Waals surface area contributed by atoms with E-state index in [-0.39, 0.29) is 18.2 Å². The molecule has 3 rings (SSSR count). The standard InChI is InChI=1S/C19H24N4O3/c1-11-14(12(2)23-22-11)5-4-8-20-19(25)16-10-18(24)21-17-7-6-13(26-3)9-15(16)17/h6-7,9,16H,4-5,8,10H2,1-3H3,(H,20,25)(H,21,24)(H,22,23)/t16-/m0/s1. The van der Waals surface area contributed by atoms with E-state index in [4.69, 9.17) is 4.74 Å². The topological polar surface area (TPSA) is 96.1 Å². The van der Waals surface area contributed by atoms with Crippen LogP contribution in [0.1, 0.15) is 41.3 Å². The fraction of sp³-hybridized carbons (Fsp3) is 0.421. The number of aryl methyl sites for hydroxylation is 2. The number of methoxy groups -OCH3 is 1. The summed E-state index contributed by atoms with van der Waals surface area (Å²) in [6.07, 6.45) is 1.81. The van der Waals surface area contributed by atoms with Crippen LogP contribution < -0.4 is 15.4 Å². The first-order valence-electron chi connectivity index (χ1n) is 8.75. The highest BCUT2D eigenvalue weighted by atomic mass is 16.5. The number of hydrogen-bond acceptors (Lipinski definition) is 4. The summed E-state index contributed by atoms with van der Waals surface area (Å²) in [6, 6.07) is 5.36. The summed E-state index contributed by atoms with van der Waals surface area (Å²) < 4.78 is 5.24. The lowest BCUT2D eigenvalue weighted by atomic mass is 9.89. The van der Waals surface area contributed by atoms with Crippen molar-refractivity contribution >= 4 is 17.5 Å². The molecular formula is C19H24N4O3. The van der Waals surface area contributed by atoms with Crippen molar-refractivity contribution in [2.75, 3.05) is 19.0 Å².